The third kappa shape index (κ3) is 4.49. The van der Waals surface area contributed by atoms with Crippen LogP contribution < -0.4 is 5.32 Å². The standard InChI is InChI=1S/C16H22F2N2O/c1-2-19-11-12-5-7-20(8-6-12)16(21)10-13-3-4-14(17)15(18)9-13/h3-4,9,12,19H,2,5-8,10-11H2,1H3. The van der Waals surface area contributed by atoms with Crippen molar-refractivity contribution < 1.29 is 13.6 Å². The highest BCUT2D eigenvalue weighted by Gasteiger charge is 2.22. The first-order chi connectivity index (χ1) is 10.1. The van der Waals surface area contributed by atoms with Crippen LogP contribution in [-0.4, -0.2) is 37.0 Å². The van der Waals surface area contributed by atoms with E-state index in [9.17, 15) is 13.6 Å². The van der Waals surface area contributed by atoms with Gasteiger partial charge in [0.1, 0.15) is 0 Å². The van der Waals surface area contributed by atoms with Crippen LogP contribution in [0.4, 0.5) is 8.78 Å². The normalized spacial score (nSPS) is 16.2. The number of hydrogen-bond acceptors (Lipinski definition) is 2. The second kappa shape index (κ2) is 7.50. The molecule has 1 aliphatic rings. The van der Waals surface area contributed by atoms with Crippen molar-refractivity contribution in [3.63, 3.8) is 0 Å². The second-order valence-corrected chi connectivity index (χ2v) is 5.56. The average molecular weight is 296 g/mol. The molecule has 1 aromatic rings. The minimum atomic E-state index is -0.898. The third-order valence-corrected chi connectivity index (χ3v) is 3.99. The second-order valence-electron chi connectivity index (χ2n) is 5.56. The molecule has 0 unspecified atom stereocenters. The highest BCUT2D eigenvalue weighted by atomic mass is 19.2. The fourth-order valence-corrected chi connectivity index (χ4v) is 2.67. The van der Waals surface area contributed by atoms with Gasteiger partial charge in [0.25, 0.3) is 0 Å². The van der Waals surface area contributed by atoms with Crippen molar-refractivity contribution in [3.8, 4) is 0 Å². The molecule has 1 saturated heterocycles. The summed E-state index contributed by atoms with van der Waals surface area (Å²) in [5.74, 6) is -1.17. The van der Waals surface area contributed by atoms with Crippen molar-refractivity contribution in [3.05, 3.63) is 35.4 Å². The van der Waals surface area contributed by atoms with E-state index >= 15 is 0 Å². The van der Waals surface area contributed by atoms with Gasteiger partial charge in [0.15, 0.2) is 11.6 Å². The largest absolute Gasteiger partial charge is 0.342 e. The number of nitrogens with one attached hydrogen (secondary N) is 1. The topological polar surface area (TPSA) is 32.3 Å². The molecule has 1 N–H and O–H groups in total. The van der Waals surface area contributed by atoms with Gasteiger partial charge in [0.05, 0.1) is 6.42 Å². The lowest BCUT2D eigenvalue weighted by molar-refractivity contribution is -0.131. The number of amides is 1. The number of likely N-dealkylation sites (tertiary alicyclic amines) is 1. The van der Waals surface area contributed by atoms with Crippen molar-refractivity contribution in [1.29, 1.82) is 0 Å². The van der Waals surface area contributed by atoms with E-state index in [0.29, 0.717) is 11.5 Å². The number of hydrogen-bond donors (Lipinski definition) is 1. The van der Waals surface area contributed by atoms with E-state index in [1.54, 1.807) is 0 Å². The Hall–Kier alpha value is -1.49. The summed E-state index contributed by atoms with van der Waals surface area (Å²) in [7, 11) is 0. The predicted octanol–water partition coefficient (Wildman–Crippen LogP) is 2.36. The van der Waals surface area contributed by atoms with Crippen LogP contribution in [-0.2, 0) is 11.2 Å². The van der Waals surface area contributed by atoms with Crippen molar-refractivity contribution in [2.75, 3.05) is 26.2 Å². The smallest absolute Gasteiger partial charge is 0.226 e. The summed E-state index contributed by atoms with van der Waals surface area (Å²) in [6, 6.07) is 3.64. The molecule has 1 heterocycles. The van der Waals surface area contributed by atoms with Crippen LogP contribution in [0.25, 0.3) is 0 Å². The van der Waals surface area contributed by atoms with Crippen LogP contribution in [0.3, 0.4) is 0 Å². The number of nitrogens with zero attached hydrogens (tertiary/aromatic N) is 1. The van der Waals surface area contributed by atoms with Gasteiger partial charge < -0.3 is 10.2 Å². The fraction of sp³-hybridized carbons (Fsp3) is 0.562. The van der Waals surface area contributed by atoms with E-state index in [0.717, 1.165) is 51.2 Å². The minimum Gasteiger partial charge on any atom is -0.342 e. The molecule has 0 atom stereocenters. The number of carbonyl (C=O) groups excluding carboxylic acids is 1. The van der Waals surface area contributed by atoms with E-state index in [1.807, 2.05) is 4.90 Å². The summed E-state index contributed by atoms with van der Waals surface area (Å²) in [6.07, 6.45) is 2.13. The van der Waals surface area contributed by atoms with Crippen molar-refractivity contribution >= 4 is 5.91 Å². The molecule has 1 fully saturated rings. The van der Waals surface area contributed by atoms with E-state index in [1.165, 1.54) is 6.07 Å². The highest BCUT2D eigenvalue weighted by molar-refractivity contribution is 5.78. The predicted molar refractivity (Wildman–Crippen MR) is 77.9 cm³/mol. The summed E-state index contributed by atoms with van der Waals surface area (Å²) < 4.78 is 26.0. The first kappa shape index (κ1) is 15.9. The monoisotopic (exact) mass is 296 g/mol. The molecule has 0 saturated carbocycles. The van der Waals surface area contributed by atoms with Gasteiger partial charge in [-0.25, -0.2) is 8.78 Å². The van der Waals surface area contributed by atoms with E-state index < -0.39 is 11.6 Å². The highest BCUT2D eigenvalue weighted by Crippen LogP contribution is 2.18. The van der Waals surface area contributed by atoms with E-state index in [2.05, 4.69) is 12.2 Å². The minimum absolute atomic E-state index is 0.0112. The van der Waals surface area contributed by atoms with Crippen LogP contribution in [0.15, 0.2) is 18.2 Å². The molecule has 2 rings (SSSR count). The molecule has 116 valence electrons. The molecule has 3 nitrogen and oxygen atoms in total. The van der Waals surface area contributed by atoms with Crippen molar-refractivity contribution in [1.82, 2.24) is 10.2 Å². The summed E-state index contributed by atoms with van der Waals surface area (Å²) >= 11 is 0. The molecule has 0 bridgehead atoms. The lowest BCUT2D eigenvalue weighted by atomic mass is 9.96. The van der Waals surface area contributed by atoms with Crippen LogP contribution in [0.1, 0.15) is 25.3 Å². The van der Waals surface area contributed by atoms with Gasteiger partial charge in [-0.2, -0.15) is 0 Å². The Labute approximate surface area is 124 Å². The zero-order valence-corrected chi connectivity index (χ0v) is 12.4. The lowest BCUT2D eigenvalue weighted by Crippen LogP contribution is -2.41. The first-order valence-electron chi connectivity index (χ1n) is 7.52. The molecule has 5 heteroatoms. The number of rotatable bonds is 5. The van der Waals surface area contributed by atoms with Crippen LogP contribution in [0.5, 0.6) is 0 Å². The van der Waals surface area contributed by atoms with Gasteiger partial charge in [0.2, 0.25) is 5.91 Å². The number of benzene rings is 1. The van der Waals surface area contributed by atoms with Crippen molar-refractivity contribution in [2.45, 2.75) is 26.2 Å². The molecule has 0 radical (unpaired) electrons. The van der Waals surface area contributed by atoms with E-state index in [4.69, 9.17) is 0 Å². The van der Waals surface area contributed by atoms with Gasteiger partial charge in [-0.15, -0.1) is 0 Å². The van der Waals surface area contributed by atoms with E-state index in [-0.39, 0.29) is 12.3 Å². The first-order valence-corrected chi connectivity index (χ1v) is 7.52. The Morgan fingerprint density at radius 3 is 2.62 bits per heavy atom. The number of carbonyl (C=O) groups is 1. The van der Waals surface area contributed by atoms with Gasteiger partial charge in [-0.3, -0.25) is 4.79 Å². The molecule has 0 aromatic heterocycles. The molecular weight excluding hydrogens is 274 g/mol. The quantitative estimate of drug-likeness (QED) is 0.904. The molecule has 1 amide bonds. The van der Waals surface area contributed by atoms with Crippen LogP contribution in [0.2, 0.25) is 0 Å². The van der Waals surface area contributed by atoms with Gasteiger partial charge >= 0.3 is 0 Å². The molecule has 0 aliphatic carbocycles. The Morgan fingerprint density at radius 1 is 1.29 bits per heavy atom. The summed E-state index contributed by atoms with van der Waals surface area (Å²) in [5.41, 5.74) is 0.522. The Morgan fingerprint density at radius 2 is 2.00 bits per heavy atom. The Balaban J connectivity index is 1.83. The maximum atomic E-state index is 13.1. The maximum Gasteiger partial charge on any atom is 0.226 e. The summed E-state index contributed by atoms with van der Waals surface area (Å²) in [6.45, 7) is 5.55. The van der Waals surface area contributed by atoms with Crippen LogP contribution in [0, 0.1) is 17.6 Å². The average Bonchev–Trinajstić information content (AvgIpc) is 2.49. The maximum absolute atomic E-state index is 13.1. The number of halogens is 2. The summed E-state index contributed by atoms with van der Waals surface area (Å²) in [4.78, 5) is 14.0. The Bertz CT molecular complexity index is 485. The number of piperidine rings is 1. The fourth-order valence-electron chi connectivity index (χ4n) is 2.67. The van der Waals surface area contributed by atoms with Crippen molar-refractivity contribution in [2.24, 2.45) is 5.92 Å². The van der Waals surface area contributed by atoms with Gasteiger partial charge in [-0.05, 0) is 49.5 Å². The zero-order valence-electron chi connectivity index (χ0n) is 12.4. The SMILES string of the molecule is CCNCC1CCN(C(=O)Cc2ccc(F)c(F)c2)CC1. The third-order valence-electron chi connectivity index (χ3n) is 3.99. The molecule has 0 spiro atoms. The molecule has 1 aromatic carbocycles. The lowest BCUT2D eigenvalue weighted by Gasteiger charge is -2.32. The molecule has 21 heavy (non-hydrogen) atoms. The Kier molecular flexibility index (Phi) is 5.67. The summed E-state index contributed by atoms with van der Waals surface area (Å²) in [5, 5.41) is 3.33. The molecule has 1 aliphatic heterocycles. The van der Waals surface area contributed by atoms with Crippen LogP contribution >= 0.6 is 0 Å². The molecular formula is C16H22F2N2O. The van der Waals surface area contributed by atoms with Gasteiger partial charge in [0, 0.05) is 13.1 Å². The zero-order chi connectivity index (χ0) is 15.2. The van der Waals surface area contributed by atoms with Gasteiger partial charge in [-0.1, -0.05) is 13.0 Å².